The number of hydrogen-bond donors (Lipinski definition) is 2. The predicted octanol–water partition coefficient (Wildman–Crippen LogP) is 3.87. The number of halogens is 1. The maximum atomic E-state index is 13.2. The highest BCUT2D eigenvalue weighted by Gasteiger charge is 2.28. The van der Waals surface area contributed by atoms with Gasteiger partial charge in [0.25, 0.3) is 0 Å². The molecule has 0 spiro atoms. The van der Waals surface area contributed by atoms with Gasteiger partial charge in [0, 0.05) is 41.6 Å². The number of carbonyl (C=O) groups excluding carboxylic acids is 2. The van der Waals surface area contributed by atoms with Gasteiger partial charge in [-0.15, -0.1) is 0 Å². The minimum absolute atomic E-state index is 0.174. The van der Waals surface area contributed by atoms with Crippen LogP contribution in [0.1, 0.15) is 17.4 Å². The second-order valence-corrected chi connectivity index (χ2v) is 8.83. The number of anilines is 2. The van der Waals surface area contributed by atoms with E-state index in [1.54, 1.807) is 7.11 Å². The number of carbonyl (C=O) groups is 2. The number of amides is 1. The molecule has 4 rings (SSSR count). The van der Waals surface area contributed by atoms with E-state index < -0.39 is 5.97 Å². The van der Waals surface area contributed by atoms with Crippen LogP contribution in [0, 0.1) is 0 Å². The second-order valence-electron chi connectivity index (χ2n) is 7.92. The maximum Gasteiger partial charge on any atom is 0.356 e. The van der Waals surface area contributed by atoms with Crippen LogP contribution in [0.25, 0.3) is 10.9 Å². The van der Waals surface area contributed by atoms with Crippen LogP contribution in [-0.4, -0.2) is 68.2 Å². The van der Waals surface area contributed by atoms with Crippen molar-refractivity contribution in [2.75, 3.05) is 50.6 Å². The molecule has 1 amide bonds. The average molecular weight is 515 g/mol. The van der Waals surface area contributed by atoms with Gasteiger partial charge < -0.3 is 24.7 Å². The molecule has 0 aliphatic carbocycles. The Morgan fingerprint density at radius 2 is 1.82 bits per heavy atom. The molecule has 0 unspecified atom stereocenters. The summed E-state index contributed by atoms with van der Waals surface area (Å²) in [5, 5.41) is 3.71. The van der Waals surface area contributed by atoms with Crippen LogP contribution < -0.4 is 15.0 Å². The molecule has 2 heterocycles. The lowest BCUT2D eigenvalue weighted by Crippen LogP contribution is -2.53. The first-order valence-corrected chi connectivity index (χ1v) is 11.5. The van der Waals surface area contributed by atoms with E-state index in [1.165, 1.54) is 7.11 Å². The quantitative estimate of drug-likeness (QED) is 0.485. The first kappa shape index (κ1) is 23.1. The lowest BCUT2D eigenvalue weighted by Gasteiger charge is -2.38. The molecule has 0 saturated carbocycles. The van der Waals surface area contributed by atoms with Gasteiger partial charge in [0.15, 0.2) is 0 Å². The van der Waals surface area contributed by atoms with Gasteiger partial charge in [-0.25, -0.2) is 4.79 Å². The third kappa shape index (κ3) is 4.69. The van der Waals surface area contributed by atoms with Gasteiger partial charge in [-0.05, 0) is 37.3 Å². The van der Waals surface area contributed by atoms with Gasteiger partial charge >= 0.3 is 5.97 Å². The van der Waals surface area contributed by atoms with Crippen LogP contribution >= 0.6 is 15.9 Å². The highest BCUT2D eigenvalue weighted by atomic mass is 79.9. The summed E-state index contributed by atoms with van der Waals surface area (Å²) in [6, 6.07) is 13.2. The van der Waals surface area contributed by atoms with Crippen LogP contribution in [-0.2, 0) is 9.53 Å². The number of nitrogens with one attached hydrogen (secondary N) is 2. The zero-order chi connectivity index (χ0) is 23.5. The zero-order valence-corrected chi connectivity index (χ0v) is 20.4. The predicted molar refractivity (Wildman–Crippen MR) is 132 cm³/mol. The van der Waals surface area contributed by atoms with Crippen molar-refractivity contribution in [3.05, 3.63) is 52.6 Å². The molecule has 0 radical (unpaired) electrons. The number of nitrogens with zero attached hydrogens (tertiary/aromatic N) is 2. The molecule has 1 atom stereocenters. The summed E-state index contributed by atoms with van der Waals surface area (Å²) in [7, 11) is 2.99. The smallest absolute Gasteiger partial charge is 0.356 e. The van der Waals surface area contributed by atoms with Crippen molar-refractivity contribution in [2.45, 2.75) is 13.0 Å². The Hall–Kier alpha value is -3.04. The van der Waals surface area contributed by atoms with E-state index >= 15 is 0 Å². The van der Waals surface area contributed by atoms with Crippen LogP contribution in [0.5, 0.6) is 5.75 Å². The molecule has 3 aromatic rings. The number of ether oxygens (including phenoxy) is 2. The number of H-pyrrole nitrogens is 1. The summed E-state index contributed by atoms with van der Waals surface area (Å²) >= 11 is 3.46. The van der Waals surface area contributed by atoms with E-state index in [-0.39, 0.29) is 17.6 Å². The Morgan fingerprint density at radius 1 is 1.09 bits per heavy atom. The van der Waals surface area contributed by atoms with E-state index in [1.807, 2.05) is 49.4 Å². The van der Waals surface area contributed by atoms with Crippen LogP contribution in [0.2, 0.25) is 0 Å². The third-order valence-corrected chi connectivity index (χ3v) is 6.56. The summed E-state index contributed by atoms with van der Waals surface area (Å²) in [5.74, 6) is 0.139. The minimum Gasteiger partial charge on any atom is -0.495 e. The van der Waals surface area contributed by atoms with Crippen molar-refractivity contribution in [1.82, 2.24) is 9.88 Å². The molecule has 1 saturated heterocycles. The molecule has 8 nitrogen and oxygen atoms in total. The number of hydrogen-bond acceptors (Lipinski definition) is 6. The topological polar surface area (TPSA) is 86.9 Å². The van der Waals surface area contributed by atoms with Crippen LogP contribution in [0.15, 0.2) is 46.9 Å². The van der Waals surface area contributed by atoms with Crippen molar-refractivity contribution < 1.29 is 19.1 Å². The summed E-state index contributed by atoms with van der Waals surface area (Å²) in [6.45, 7) is 4.92. The number of esters is 1. The summed E-state index contributed by atoms with van der Waals surface area (Å²) < 4.78 is 11.2. The first-order chi connectivity index (χ1) is 15.9. The van der Waals surface area contributed by atoms with Crippen molar-refractivity contribution in [1.29, 1.82) is 0 Å². The van der Waals surface area contributed by atoms with Crippen molar-refractivity contribution >= 4 is 50.1 Å². The van der Waals surface area contributed by atoms with Crippen molar-refractivity contribution in [3.8, 4) is 5.75 Å². The van der Waals surface area contributed by atoms with E-state index in [9.17, 15) is 9.59 Å². The molecule has 33 heavy (non-hydrogen) atoms. The van der Waals surface area contributed by atoms with Gasteiger partial charge in [-0.3, -0.25) is 9.69 Å². The number of fused-ring (bicyclic) bond motifs is 1. The molecule has 1 aromatic heterocycles. The van der Waals surface area contributed by atoms with E-state index in [0.717, 1.165) is 53.0 Å². The SMILES string of the molecule is COC(=O)c1[nH]c2ccc(Br)cc2c1NC(=O)[C@H](C)N1CCN(c2ccccc2OC)CC1. The lowest BCUT2D eigenvalue weighted by molar-refractivity contribution is -0.120. The summed E-state index contributed by atoms with van der Waals surface area (Å²) in [5.41, 5.74) is 2.46. The zero-order valence-electron chi connectivity index (χ0n) is 18.9. The molecule has 9 heteroatoms. The molecule has 2 N–H and O–H groups in total. The summed E-state index contributed by atoms with van der Waals surface area (Å²) in [4.78, 5) is 33.0. The van der Waals surface area contributed by atoms with Gasteiger partial charge in [0.05, 0.1) is 31.6 Å². The standard InChI is InChI=1S/C24H27BrN4O4/c1-15(28-10-12-29(13-11-28)19-6-4-5-7-20(19)32-2)23(30)27-21-17-14-16(25)8-9-18(17)26-22(21)24(31)33-3/h4-9,14-15,26H,10-13H2,1-3H3,(H,27,30)/t15-/m0/s1. The van der Waals surface area contributed by atoms with E-state index in [0.29, 0.717) is 5.69 Å². The monoisotopic (exact) mass is 514 g/mol. The number of para-hydroxylation sites is 2. The van der Waals surface area contributed by atoms with E-state index in [4.69, 9.17) is 9.47 Å². The average Bonchev–Trinajstić information content (AvgIpc) is 3.20. The largest absolute Gasteiger partial charge is 0.495 e. The highest BCUT2D eigenvalue weighted by Crippen LogP contribution is 2.32. The number of piperazine rings is 1. The number of methoxy groups -OCH3 is 2. The number of aromatic nitrogens is 1. The molecule has 1 fully saturated rings. The number of rotatable bonds is 6. The van der Waals surface area contributed by atoms with Gasteiger partial charge in [-0.2, -0.15) is 0 Å². The Morgan fingerprint density at radius 3 is 2.52 bits per heavy atom. The molecule has 174 valence electrons. The Kier molecular flexibility index (Phi) is 6.90. The molecule has 1 aliphatic heterocycles. The third-order valence-electron chi connectivity index (χ3n) is 6.07. The fourth-order valence-electron chi connectivity index (χ4n) is 4.18. The Bertz CT molecular complexity index is 1170. The normalized spacial score (nSPS) is 15.3. The van der Waals surface area contributed by atoms with Gasteiger partial charge in [-0.1, -0.05) is 28.1 Å². The van der Waals surface area contributed by atoms with Gasteiger partial charge in [0.1, 0.15) is 11.4 Å². The van der Waals surface area contributed by atoms with Crippen molar-refractivity contribution in [2.24, 2.45) is 0 Å². The molecular weight excluding hydrogens is 488 g/mol. The molecule has 2 aromatic carbocycles. The fourth-order valence-corrected chi connectivity index (χ4v) is 4.54. The minimum atomic E-state index is -0.532. The summed E-state index contributed by atoms with van der Waals surface area (Å²) in [6.07, 6.45) is 0. The Labute approximate surface area is 201 Å². The highest BCUT2D eigenvalue weighted by molar-refractivity contribution is 9.10. The molecular formula is C24H27BrN4O4. The lowest BCUT2D eigenvalue weighted by atomic mass is 10.1. The fraction of sp³-hybridized carbons (Fsp3) is 0.333. The van der Waals surface area contributed by atoms with Crippen molar-refractivity contribution in [3.63, 3.8) is 0 Å². The molecule has 1 aliphatic rings. The number of aromatic amines is 1. The number of benzene rings is 2. The van der Waals surface area contributed by atoms with E-state index in [2.05, 4.69) is 36.0 Å². The Balaban J connectivity index is 1.48. The first-order valence-electron chi connectivity index (χ1n) is 10.8. The van der Waals surface area contributed by atoms with Gasteiger partial charge in [0.2, 0.25) is 5.91 Å². The van der Waals surface area contributed by atoms with Crippen LogP contribution in [0.4, 0.5) is 11.4 Å². The second kappa shape index (κ2) is 9.84. The molecule has 0 bridgehead atoms. The van der Waals surface area contributed by atoms with Crippen LogP contribution in [0.3, 0.4) is 0 Å². The maximum absolute atomic E-state index is 13.2.